The van der Waals surface area contributed by atoms with Crippen molar-refractivity contribution in [2.75, 3.05) is 19.6 Å². The maximum Gasteiger partial charge on any atom is 0.234 e. The van der Waals surface area contributed by atoms with Crippen molar-refractivity contribution in [2.45, 2.75) is 39.3 Å². The van der Waals surface area contributed by atoms with Crippen molar-refractivity contribution in [1.29, 1.82) is 0 Å². The molecule has 0 saturated carbocycles. The van der Waals surface area contributed by atoms with Gasteiger partial charge in [0, 0.05) is 5.54 Å². The van der Waals surface area contributed by atoms with Gasteiger partial charge in [-0.25, -0.2) is 0 Å². The molecule has 2 aromatic carbocycles. The fourth-order valence-corrected chi connectivity index (χ4v) is 3.00. The molecule has 0 aliphatic rings. The van der Waals surface area contributed by atoms with Gasteiger partial charge in [0.15, 0.2) is 0 Å². The maximum absolute atomic E-state index is 12.8. The molecule has 0 fully saturated rings. The molecule has 2 rings (SSSR count). The standard InChI is InChI=1S/C23H31N3O2/c1-5-26(17-21(28)25-23(2,3)4)16-20(27)24-22(18-12-8-6-9-13-18)19-14-10-7-11-15-19/h6-15,22H,5,16-17H2,1-4H3,(H,24,27)(H,25,28). The number of hydrogen-bond donors (Lipinski definition) is 2. The van der Waals surface area contributed by atoms with Crippen molar-refractivity contribution < 1.29 is 9.59 Å². The Balaban J connectivity index is 2.05. The second-order valence-corrected chi connectivity index (χ2v) is 7.92. The van der Waals surface area contributed by atoms with Gasteiger partial charge in [-0.05, 0) is 38.4 Å². The van der Waals surface area contributed by atoms with E-state index in [2.05, 4.69) is 10.6 Å². The molecule has 0 bridgehead atoms. The summed E-state index contributed by atoms with van der Waals surface area (Å²) in [6.07, 6.45) is 0. The summed E-state index contributed by atoms with van der Waals surface area (Å²) in [6.45, 7) is 8.76. The number of rotatable bonds is 8. The van der Waals surface area contributed by atoms with Crippen molar-refractivity contribution in [3.05, 3.63) is 71.8 Å². The van der Waals surface area contributed by atoms with Crippen LogP contribution in [0.15, 0.2) is 60.7 Å². The zero-order valence-corrected chi connectivity index (χ0v) is 17.2. The van der Waals surface area contributed by atoms with Crippen LogP contribution in [0.3, 0.4) is 0 Å². The van der Waals surface area contributed by atoms with Crippen molar-refractivity contribution in [3.8, 4) is 0 Å². The number of amides is 2. The maximum atomic E-state index is 12.8. The molecule has 0 saturated heterocycles. The summed E-state index contributed by atoms with van der Waals surface area (Å²) >= 11 is 0. The fraction of sp³-hybridized carbons (Fsp3) is 0.391. The highest BCUT2D eigenvalue weighted by Crippen LogP contribution is 2.21. The Morgan fingerprint density at radius 2 is 1.32 bits per heavy atom. The summed E-state index contributed by atoms with van der Waals surface area (Å²) < 4.78 is 0. The second kappa shape index (κ2) is 10.0. The van der Waals surface area contributed by atoms with E-state index in [9.17, 15) is 9.59 Å². The van der Waals surface area contributed by atoms with Crippen LogP contribution in [0.1, 0.15) is 44.9 Å². The molecule has 0 aromatic heterocycles. The van der Waals surface area contributed by atoms with Gasteiger partial charge in [-0.2, -0.15) is 0 Å². The van der Waals surface area contributed by atoms with E-state index in [0.29, 0.717) is 6.54 Å². The highest BCUT2D eigenvalue weighted by Gasteiger charge is 2.20. The molecule has 2 N–H and O–H groups in total. The fourth-order valence-electron chi connectivity index (χ4n) is 3.00. The number of nitrogens with one attached hydrogen (secondary N) is 2. The zero-order valence-electron chi connectivity index (χ0n) is 17.2. The molecular formula is C23H31N3O2. The van der Waals surface area contributed by atoms with E-state index in [-0.39, 0.29) is 36.5 Å². The number of carbonyl (C=O) groups excluding carboxylic acids is 2. The van der Waals surface area contributed by atoms with Crippen LogP contribution in [-0.2, 0) is 9.59 Å². The number of carbonyl (C=O) groups is 2. The molecule has 5 heteroatoms. The van der Waals surface area contributed by atoms with Gasteiger partial charge < -0.3 is 10.6 Å². The normalized spacial score (nSPS) is 11.5. The first kappa shape index (κ1) is 21.6. The third-order valence-electron chi connectivity index (χ3n) is 4.27. The molecule has 2 aromatic rings. The SMILES string of the molecule is CCN(CC(=O)NC(c1ccccc1)c1ccccc1)CC(=O)NC(C)(C)C. The van der Waals surface area contributed by atoms with Gasteiger partial charge in [0.1, 0.15) is 0 Å². The van der Waals surface area contributed by atoms with E-state index in [0.717, 1.165) is 11.1 Å². The van der Waals surface area contributed by atoms with Crippen molar-refractivity contribution in [2.24, 2.45) is 0 Å². The molecule has 2 amide bonds. The lowest BCUT2D eigenvalue weighted by molar-refractivity contribution is -0.126. The Morgan fingerprint density at radius 3 is 1.75 bits per heavy atom. The van der Waals surface area contributed by atoms with Crippen LogP contribution in [-0.4, -0.2) is 41.9 Å². The third kappa shape index (κ3) is 7.16. The van der Waals surface area contributed by atoms with Gasteiger partial charge in [-0.1, -0.05) is 67.6 Å². The molecule has 0 unspecified atom stereocenters. The number of likely N-dealkylation sites (N-methyl/N-ethyl adjacent to an activating group) is 1. The molecule has 0 heterocycles. The summed E-state index contributed by atoms with van der Waals surface area (Å²) in [7, 11) is 0. The van der Waals surface area contributed by atoms with Crippen LogP contribution in [0.25, 0.3) is 0 Å². The molecule has 0 atom stereocenters. The Bertz CT molecular complexity index is 715. The molecule has 150 valence electrons. The molecular weight excluding hydrogens is 350 g/mol. The summed E-state index contributed by atoms with van der Waals surface area (Å²) in [5.74, 6) is -0.187. The van der Waals surface area contributed by atoms with Crippen LogP contribution in [0.4, 0.5) is 0 Å². The number of benzene rings is 2. The minimum absolute atomic E-state index is 0.0789. The van der Waals surface area contributed by atoms with Gasteiger partial charge in [0.25, 0.3) is 0 Å². The quantitative estimate of drug-likeness (QED) is 0.739. The Hall–Kier alpha value is -2.66. The van der Waals surface area contributed by atoms with Crippen LogP contribution >= 0.6 is 0 Å². The van der Waals surface area contributed by atoms with Gasteiger partial charge in [-0.15, -0.1) is 0 Å². The molecule has 5 nitrogen and oxygen atoms in total. The first-order valence-electron chi connectivity index (χ1n) is 9.71. The second-order valence-electron chi connectivity index (χ2n) is 7.92. The van der Waals surface area contributed by atoms with Crippen molar-refractivity contribution in [1.82, 2.24) is 15.5 Å². The van der Waals surface area contributed by atoms with E-state index in [1.165, 1.54) is 0 Å². The van der Waals surface area contributed by atoms with Crippen molar-refractivity contribution >= 4 is 11.8 Å². The minimum Gasteiger partial charge on any atom is -0.350 e. The highest BCUT2D eigenvalue weighted by molar-refractivity contribution is 5.82. The van der Waals surface area contributed by atoms with E-state index < -0.39 is 0 Å². The van der Waals surface area contributed by atoms with E-state index in [4.69, 9.17) is 0 Å². The predicted octanol–water partition coefficient (Wildman–Crippen LogP) is 3.13. The van der Waals surface area contributed by atoms with Gasteiger partial charge in [-0.3, -0.25) is 14.5 Å². The van der Waals surface area contributed by atoms with Gasteiger partial charge in [0.05, 0.1) is 19.1 Å². The van der Waals surface area contributed by atoms with Crippen LogP contribution in [0.2, 0.25) is 0 Å². The zero-order chi connectivity index (χ0) is 20.6. The smallest absolute Gasteiger partial charge is 0.234 e. The van der Waals surface area contributed by atoms with Crippen LogP contribution < -0.4 is 10.6 Å². The first-order chi connectivity index (χ1) is 13.3. The highest BCUT2D eigenvalue weighted by atomic mass is 16.2. The summed E-state index contributed by atoms with van der Waals surface area (Å²) in [6, 6.07) is 19.6. The third-order valence-corrected chi connectivity index (χ3v) is 4.27. The van der Waals surface area contributed by atoms with Gasteiger partial charge >= 0.3 is 0 Å². The van der Waals surface area contributed by atoms with Crippen LogP contribution in [0, 0.1) is 0 Å². The van der Waals surface area contributed by atoms with E-state index >= 15 is 0 Å². The monoisotopic (exact) mass is 381 g/mol. The predicted molar refractivity (Wildman–Crippen MR) is 113 cm³/mol. The minimum atomic E-state index is -0.287. The van der Waals surface area contributed by atoms with Crippen molar-refractivity contribution in [3.63, 3.8) is 0 Å². The molecule has 28 heavy (non-hydrogen) atoms. The summed E-state index contributed by atoms with van der Waals surface area (Å²) in [5, 5.41) is 6.06. The molecule has 0 aliphatic heterocycles. The first-order valence-corrected chi connectivity index (χ1v) is 9.71. The van der Waals surface area contributed by atoms with Crippen LogP contribution in [0.5, 0.6) is 0 Å². The Kier molecular flexibility index (Phi) is 7.76. The van der Waals surface area contributed by atoms with E-state index in [1.807, 2.05) is 93.3 Å². The summed E-state index contributed by atoms with van der Waals surface area (Å²) in [5.41, 5.74) is 1.76. The Labute approximate surface area is 168 Å². The number of nitrogens with zero attached hydrogens (tertiary/aromatic N) is 1. The average Bonchev–Trinajstić information content (AvgIpc) is 2.65. The lowest BCUT2D eigenvalue weighted by atomic mass is 9.99. The average molecular weight is 382 g/mol. The summed E-state index contributed by atoms with van der Waals surface area (Å²) in [4.78, 5) is 26.8. The number of hydrogen-bond acceptors (Lipinski definition) is 3. The lowest BCUT2D eigenvalue weighted by Gasteiger charge is -2.26. The van der Waals surface area contributed by atoms with E-state index in [1.54, 1.807) is 0 Å². The Morgan fingerprint density at radius 1 is 0.857 bits per heavy atom. The lowest BCUT2D eigenvalue weighted by Crippen LogP contribution is -2.48. The molecule has 0 aliphatic carbocycles. The van der Waals surface area contributed by atoms with Gasteiger partial charge in [0.2, 0.25) is 11.8 Å². The molecule has 0 radical (unpaired) electrons. The molecule has 0 spiro atoms. The largest absolute Gasteiger partial charge is 0.350 e. The topological polar surface area (TPSA) is 61.4 Å².